The largest absolute Gasteiger partial charge is 0.344 e. The molecule has 0 aliphatic carbocycles. The fourth-order valence-electron chi connectivity index (χ4n) is 4.20. The zero-order chi connectivity index (χ0) is 21.8. The van der Waals surface area contributed by atoms with Gasteiger partial charge in [0.2, 0.25) is 17.6 Å². The van der Waals surface area contributed by atoms with Crippen LogP contribution in [0, 0.1) is 11.8 Å². The van der Waals surface area contributed by atoms with E-state index in [4.69, 9.17) is 4.52 Å². The van der Waals surface area contributed by atoms with Gasteiger partial charge in [0.15, 0.2) is 0 Å². The lowest BCUT2D eigenvalue weighted by atomic mass is 9.94. The third-order valence-corrected chi connectivity index (χ3v) is 6.10. The third kappa shape index (κ3) is 4.86. The van der Waals surface area contributed by atoms with E-state index < -0.39 is 0 Å². The summed E-state index contributed by atoms with van der Waals surface area (Å²) in [7, 11) is 0. The molecule has 1 N–H and O–H groups in total. The van der Waals surface area contributed by atoms with Gasteiger partial charge < -0.3 is 19.6 Å². The second kappa shape index (κ2) is 9.45. The minimum absolute atomic E-state index is 0.0203. The molecule has 9 heteroatoms. The minimum Gasteiger partial charge on any atom is -0.344 e. The average molecular weight is 427 g/mol. The normalized spacial score (nSPS) is 18.4. The first kappa shape index (κ1) is 21.3. The molecule has 0 spiro atoms. The second-order valence-corrected chi connectivity index (χ2v) is 8.67. The number of hydrogen-bond acceptors (Lipinski definition) is 6. The van der Waals surface area contributed by atoms with Crippen molar-refractivity contribution >= 4 is 11.9 Å². The van der Waals surface area contributed by atoms with Crippen LogP contribution in [0.5, 0.6) is 0 Å². The monoisotopic (exact) mass is 426 g/mol. The predicted octanol–water partition coefficient (Wildman–Crippen LogP) is 2.87. The van der Waals surface area contributed by atoms with Crippen LogP contribution < -0.4 is 5.32 Å². The molecular formula is C22H30N6O3. The van der Waals surface area contributed by atoms with E-state index in [1.165, 1.54) is 0 Å². The van der Waals surface area contributed by atoms with Crippen molar-refractivity contribution in [1.82, 2.24) is 30.2 Å². The van der Waals surface area contributed by atoms with Crippen molar-refractivity contribution in [2.75, 3.05) is 26.2 Å². The Bertz CT molecular complexity index is 886. The van der Waals surface area contributed by atoms with Crippen molar-refractivity contribution in [2.45, 2.75) is 45.6 Å². The minimum atomic E-state index is -0.366. The topological polar surface area (TPSA) is 104 Å². The highest BCUT2D eigenvalue weighted by Crippen LogP contribution is 2.26. The summed E-state index contributed by atoms with van der Waals surface area (Å²) >= 11 is 0. The summed E-state index contributed by atoms with van der Waals surface area (Å²) in [5.41, 5.74) is 0.765. The number of pyridine rings is 1. The van der Waals surface area contributed by atoms with E-state index >= 15 is 0 Å². The number of carbonyl (C=O) groups excluding carboxylic acids is 2. The summed E-state index contributed by atoms with van der Waals surface area (Å²) in [6.07, 6.45) is 6.86. The van der Waals surface area contributed by atoms with Crippen LogP contribution >= 0.6 is 0 Å². The van der Waals surface area contributed by atoms with E-state index in [-0.39, 0.29) is 29.8 Å². The van der Waals surface area contributed by atoms with Gasteiger partial charge in [-0.25, -0.2) is 4.79 Å². The molecule has 0 bridgehead atoms. The molecular weight excluding hydrogens is 396 g/mol. The van der Waals surface area contributed by atoms with Gasteiger partial charge in [0.25, 0.3) is 0 Å². The van der Waals surface area contributed by atoms with Crippen LogP contribution in [-0.2, 0) is 4.79 Å². The Hall–Kier alpha value is -2.97. The van der Waals surface area contributed by atoms with E-state index in [0.29, 0.717) is 37.6 Å². The maximum Gasteiger partial charge on any atom is 0.319 e. The summed E-state index contributed by atoms with van der Waals surface area (Å²) in [5, 5.41) is 7.15. The zero-order valence-electron chi connectivity index (χ0n) is 18.2. The molecule has 0 saturated carbocycles. The number of aromatic nitrogens is 3. The number of rotatable bonds is 5. The fourth-order valence-corrected chi connectivity index (χ4v) is 4.20. The smallest absolute Gasteiger partial charge is 0.319 e. The van der Waals surface area contributed by atoms with E-state index in [1.54, 1.807) is 12.4 Å². The van der Waals surface area contributed by atoms with Crippen LogP contribution in [0.3, 0.4) is 0 Å². The highest BCUT2D eigenvalue weighted by atomic mass is 16.5. The van der Waals surface area contributed by atoms with Gasteiger partial charge in [-0.05, 0) is 43.7 Å². The first-order valence-electron chi connectivity index (χ1n) is 11.1. The van der Waals surface area contributed by atoms with Gasteiger partial charge in [0.1, 0.15) is 6.04 Å². The summed E-state index contributed by atoms with van der Waals surface area (Å²) in [6.45, 7) is 6.95. The van der Waals surface area contributed by atoms with Crippen molar-refractivity contribution in [3.05, 3.63) is 30.4 Å². The molecule has 0 radical (unpaired) electrons. The molecule has 2 fully saturated rings. The molecule has 2 aromatic heterocycles. The molecule has 1 unspecified atom stereocenters. The Morgan fingerprint density at radius 2 is 1.84 bits per heavy atom. The Labute approximate surface area is 182 Å². The Balaban J connectivity index is 1.35. The highest BCUT2D eigenvalue weighted by molar-refractivity contribution is 5.80. The van der Waals surface area contributed by atoms with Gasteiger partial charge in [-0.3, -0.25) is 9.78 Å². The lowest BCUT2D eigenvalue weighted by Crippen LogP contribution is -2.48. The maximum absolute atomic E-state index is 13.0. The molecule has 3 amide bonds. The Kier molecular flexibility index (Phi) is 6.48. The second-order valence-electron chi connectivity index (χ2n) is 8.67. The lowest BCUT2D eigenvalue weighted by Gasteiger charge is -2.34. The lowest BCUT2D eigenvalue weighted by molar-refractivity contribution is -0.127. The third-order valence-electron chi connectivity index (χ3n) is 6.10. The molecule has 0 aromatic carbocycles. The van der Waals surface area contributed by atoms with E-state index in [0.717, 1.165) is 31.5 Å². The van der Waals surface area contributed by atoms with Crippen LogP contribution in [0.4, 0.5) is 4.79 Å². The molecule has 4 rings (SSSR count). The molecule has 2 aliphatic heterocycles. The van der Waals surface area contributed by atoms with E-state index in [2.05, 4.69) is 20.4 Å². The summed E-state index contributed by atoms with van der Waals surface area (Å²) in [4.78, 5) is 37.9. The molecule has 1 atom stereocenters. The molecule has 2 aliphatic rings. The Morgan fingerprint density at radius 1 is 1.13 bits per heavy atom. The van der Waals surface area contributed by atoms with Crippen LogP contribution in [-0.4, -0.2) is 63.0 Å². The molecule has 2 aromatic rings. The molecule has 31 heavy (non-hydrogen) atoms. The summed E-state index contributed by atoms with van der Waals surface area (Å²) < 4.78 is 5.47. The number of nitrogens with one attached hydrogen (secondary N) is 1. The number of nitrogens with zero attached hydrogens (tertiary/aromatic N) is 5. The van der Waals surface area contributed by atoms with Crippen molar-refractivity contribution in [3.8, 4) is 11.4 Å². The highest BCUT2D eigenvalue weighted by Gasteiger charge is 2.33. The quantitative estimate of drug-likeness (QED) is 0.788. The number of urea groups is 1. The van der Waals surface area contributed by atoms with Gasteiger partial charge in [-0.15, -0.1) is 0 Å². The first-order chi connectivity index (χ1) is 15.0. The SMILES string of the molecule is CC(C)C(NC(=O)C1CCN(C(=O)N2CCCC2)CC1)c1nc(-c2cccnc2)no1. The summed E-state index contributed by atoms with van der Waals surface area (Å²) in [6, 6.07) is 3.43. The van der Waals surface area contributed by atoms with Crippen LogP contribution in [0.2, 0.25) is 0 Å². The number of likely N-dealkylation sites (tertiary alicyclic amines) is 2. The van der Waals surface area contributed by atoms with E-state index in [9.17, 15) is 9.59 Å². The predicted molar refractivity (Wildman–Crippen MR) is 114 cm³/mol. The van der Waals surface area contributed by atoms with E-state index in [1.807, 2.05) is 35.8 Å². The van der Waals surface area contributed by atoms with Gasteiger partial charge in [-0.1, -0.05) is 19.0 Å². The number of amides is 3. The fraction of sp³-hybridized carbons (Fsp3) is 0.591. The average Bonchev–Trinajstić information content (AvgIpc) is 3.50. The number of carbonyl (C=O) groups is 2. The van der Waals surface area contributed by atoms with Crippen molar-refractivity contribution < 1.29 is 14.1 Å². The van der Waals surface area contributed by atoms with Gasteiger partial charge >= 0.3 is 6.03 Å². The maximum atomic E-state index is 13.0. The standard InChI is InChI=1S/C22H30N6O3/c1-15(2)18(21-25-19(26-31-21)17-6-5-9-23-14-17)24-20(29)16-7-12-28(13-8-16)22(30)27-10-3-4-11-27/h5-6,9,14-16,18H,3-4,7-8,10-13H2,1-2H3,(H,24,29). The van der Waals surface area contributed by atoms with Gasteiger partial charge in [-0.2, -0.15) is 4.98 Å². The molecule has 2 saturated heterocycles. The first-order valence-corrected chi connectivity index (χ1v) is 11.1. The van der Waals surface area contributed by atoms with Gasteiger partial charge in [0.05, 0.1) is 0 Å². The summed E-state index contributed by atoms with van der Waals surface area (Å²) in [5.74, 6) is 0.793. The van der Waals surface area contributed by atoms with Crippen molar-refractivity contribution in [2.24, 2.45) is 11.8 Å². The Morgan fingerprint density at radius 3 is 2.48 bits per heavy atom. The number of piperidine rings is 1. The van der Waals surface area contributed by atoms with Crippen LogP contribution in [0.1, 0.15) is 51.5 Å². The van der Waals surface area contributed by atoms with Crippen molar-refractivity contribution in [1.29, 1.82) is 0 Å². The van der Waals surface area contributed by atoms with Crippen LogP contribution in [0.15, 0.2) is 29.0 Å². The van der Waals surface area contributed by atoms with Crippen LogP contribution in [0.25, 0.3) is 11.4 Å². The van der Waals surface area contributed by atoms with Gasteiger partial charge in [0, 0.05) is 50.1 Å². The number of hydrogen-bond donors (Lipinski definition) is 1. The zero-order valence-corrected chi connectivity index (χ0v) is 18.2. The van der Waals surface area contributed by atoms with Crippen molar-refractivity contribution in [3.63, 3.8) is 0 Å². The molecule has 4 heterocycles. The molecule has 166 valence electrons. The molecule has 9 nitrogen and oxygen atoms in total.